The standard InChI is InChI=1S/C19H22ClN3O4S/c1-27-19-15(3-2-10-21-19)13-22-18(24)14-8-11-23(12-9-14)28(25,26)17-6-4-16(20)5-7-17/h2-7,10,14H,8-9,11-13H2,1H3,(H,22,24). The van der Waals surface area contributed by atoms with Crippen LogP contribution < -0.4 is 10.1 Å². The van der Waals surface area contributed by atoms with Gasteiger partial charge in [-0.25, -0.2) is 13.4 Å². The SMILES string of the molecule is COc1ncccc1CNC(=O)C1CCN(S(=O)(=O)c2ccc(Cl)cc2)CC1. The van der Waals surface area contributed by atoms with Crippen molar-refractivity contribution in [2.75, 3.05) is 20.2 Å². The second kappa shape index (κ2) is 8.89. The highest BCUT2D eigenvalue weighted by molar-refractivity contribution is 7.89. The van der Waals surface area contributed by atoms with Gasteiger partial charge in [0.25, 0.3) is 0 Å². The molecule has 7 nitrogen and oxygen atoms in total. The second-order valence-corrected chi connectivity index (χ2v) is 8.90. The smallest absolute Gasteiger partial charge is 0.243 e. The van der Waals surface area contributed by atoms with Crippen molar-refractivity contribution in [1.29, 1.82) is 0 Å². The number of hydrogen-bond donors (Lipinski definition) is 1. The predicted molar refractivity (Wildman–Crippen MR) is 106 cm³/mol. The largest absolute Gasteiger partial charge is 0.481 e. The number of amides is 1. The number of benzene rings is 1. The van der Waals surface area contributed by atoms with Gasteiger partial charge in [0, 0.05) is 42.3 Å². The highest BCUT2D eigenvalue weighted by atomic mass is 35.5. The van der Waals surface area contributed by atoms with Crippen molar-refractivity contribution in [2.24, 2.45) is 5.92 Å². The van der Waals surface area contributed by atoms with Crippen LogP contribution in [0.5, 0.6) is 5.88 Å². The van der Waals surface area contributed by atoms with Gasteiger partial charge in [0.1, 0.15) is 0 Å². The number of pyridine rings is 1. The summed E-state index contributed by atoms with van der Waals surface area (Å²) < 4.78 is 32.0. The van der Waals surface area contributed by atoms with E-state index in [2.05, 4.69) is 10.3 Å². The van der Waals surface area contributed by atoms with Crippen LogP contribution >= 0.6 is 11.6 Å². The van der Waals surface area contributed by atoms with Gasteiger partial charge >= 0.3 is 0 Å². The normalized spacial score (nSPS) is 15.9. The van der Waals surface area contributed by atoms with Crippen LogP contribution in [0.25, 0.3) is 0 Å². The van der Waals surface area contributed by atoms with E-state index in [9.17, 15) is 13.2 Å². The van der Waals surface area contributed by atoms with Crippen LogP contribution in [0, 0.1) is 5.92 Å². The number of nitrogens with zero attached hydrogens (tertiary/aromatic N) is 2. The molecule has 1 aliphatic rings. The molecule has 1 N–H and O–H groups in total. The van der Waals surface area contributed by atoms with E-state index in [1.807, 2.05) is 6.07 Å². The molecular weight excluding hydrogens is 402 g/mol. The summed E-state index contributed by atoms with van der Waals surface area (Å²) >= 11 is 5.83. The average molecular weight is 424 g/mol. The molecule has 1 aromatic carbocycles. The fraction of sp³-hybridized carbons (Fsp3) is 0.368. The van der Waals surface area contributed by atoms with Crippen LogP contribution in [-0.2, 0) is 21.4 Å². The van der Waals surface area contributed by atoms with E-state index in [4.69, 9.17) is 16.3 Å². The van der Waals surface area contributed by atoms with E-state index in [-0.39, 0.29) is 16.7 Å². The van der Waals surface area contributed by atoms with Crippen LogP contribution in [0.1, 0.15) is 18.4 Å². The van der Waals surface area contributed by atoms with E-state index in [1.54, 1.807) is 24.4 Å². The summed E-state index contributed by atoms with van der Waals surface area (Å²) in [7, 11) is -2.04. The van der Waals surface area contributed by atoms with Gasteiger partial charge < -0.3 is 10.1 Å². The Kier molecular flexibility index (Phi) is 6.53. The number of nitrogens with one attached hydrogen (secondary N) is 1. The third-order valence-corrected chi connectivity index (χ3v) is 6.94. The Hall–Kier alpha value is -2.16. The van der Waals surface area contributed by atoms with Crippen LogP contribution in [0.15, 0.2) is 47.5 Å². The quantitative estimate of drug-likeness (QED) is 0.770. The Morgan fingerprint density at radius 2 is 1.93 bits per heavy atom. The summed E-state index contributed by atoms with van der Waals surface area (Å²) in [5.74, 6) is 0.167. The van der Waals surface area contributed by atoms with Crippen molar-refractivity contribution in [1.82, 2.24) is 14.6 Å². The van der Waals surface area contributed by atoms with Gasteiger partial charge in [0.05, 0.1) is 12.0 Å². The minimum absolute atomic E-state index is 0.0885. The molecule has 0 unspecified atom stereocenters. The summed E-state index contributed by atoms with van der Waals surface area (Å²) in [5, 5.41) is 3.38. The molecule has 2 aromatic rings. The maximum atomic E-state index is 12.7. The van der Waals surface area contributed by atoms with Gasteiger partial charge in [0.2, 0.25) is 21.8 Å². The molecule has 150 valence electrons. The summed E-state index contributed by atoms with van der Waals surface area (Å²) in [6.07, 6.45) is 2.58. The summed E-state index contributed by atoms with van der Waals surface area (Å²) in [5.41, 5.74) is 0.793. The molecule has 3 rings (SSSR count). The van der Waals surface area contributed by atoms with Crippen molar-refractivity contribution in [3.8, 4) is 5.88 Å². The highest BCUT2D eigenvalue weighted by Gasteiger charge is 2.32. The summed E-state index contributed by atoms with van der Waals surface area (Å²) in [4.78, 5) is 16.8. The first-order valence-electron chi connectivity index (χ1n) is 8.93. The van der Waals surface area contributed by atoms with Gasteiger partial charge in [-0.15, -0.1) is 0 Å². The second-order valence-electron chi connectivity index (χ2n) is 6.52. The number of methoxy groups -OCH3 is 1. The van der Waals surface area contributed by atoms with Crippen molar-refractivity contribution >= 4 is 27.5 Å². The molecule has 1 saturated heterocycles. The number of aromatic nitrogens is 1. The number of hydrogen-bond acceptors (Lipinski definition) is 5. The molecule has 0 aliphatic carbocycles. The molecule has 1 aromatic heterocycles. The third kappa shape index (κ3) is 4.63. The number of sulfonamides is 1. The van der Waals surface area contributed by atoms with Crippen molar-refractivity contribution in [3.63, 3.8) is 0 Å². The molecule has 0 radical (unpaired) electrons. The lowest BCUT2D eigenvalue weighted by atomic mass is 9.97. The van der Waals surface area contributed by atoms with Crippen LogP contribution in [0.3, 0.4) is 0 Å². The highest BCUT2D eigenvalue weighted by Crippen LogP contribution is 2.25. The summed E-state index contributed by atoms with van der Waals surface area (Å²) in [6.45, 7) is 0.928. The molecule has 1 aliphatic heterocycles. The van der Waals surface area contributed by atoms with Crippen molar-refractivity contribution < 1.29 is 17.9 Å². The zero-order valence-corrected chi connectivity index (χ0v) is 17.0. The third-order valence-electron chi connectivity index (χ3n) is 4.77. The van der Waals surface area contributed by atoms with Crippen LogP contribution in [0.2, 0.25) is 5.02 Å². The van der Waals surface area contributed by atoms with E-state index in [0.29, 0.717) is 43.4 Å². The Morgan fingerprint density at radius 3 is 2.57 bits per heavy atom. The van der Waals surface area contributed by atoms with Gasteiger partial charge in [0.15, 0.2) is 0 Å². The Morgan fingerprint density at radius 1 is 1.25 bits per heavy atom. The van der Waals surface area contributed by atoms with Gasteiger partial charge in [-0.1, -0.05) is 17.7 Å². The number of ether oxygens (including phenoxy) is 1. The lowest BCUT2D eigenvalue weighted by Gasteiger charge is -2.30. The minimum Gasteiger partial charge on any atom is -0.481 e. The maximum absolute atomic E-state index is 12.7. The fourth-order valence-electron chi connectivity index (χ4n) is 3.18. The van der Waals surface area contributed by atoms with E-state index in [0.717, 1.165) is 5.56 Å². The number of piperidine rings is 1. The van der Waals surface area contributed by atoms with Gasteiger partial charge in [-0.2, -0.15) is 4.31 Å². The number of carbonyl (C=O) groups excluding carboxylic acids is 1. The summed E-state index contributed by atoms with van der Waals surface area (Å²) in [6, 6.07) is 9.73. The van der Waals surface area contributed by atoms with E-state index >= 15 is 0 Å². The van der Waals surface area contributed by atoms with E-state index < -0.39 is 10.0 Å². The molecule has 0 saturated carbocycles. The Labute approximate surface area is 169 Å². The van der Waals surface area contributed by atoms with Gasteiger partial charge in [-0.3, -0.25) is 4.79 Å². The molecule has 9 heteroatoms. The first-order chi connectivity index (χ1) is 13.4. The molecule has 1 fully saturated rings. The molecular formula is C19H22ClN3O4S. The first-order valence-corrected chi connectivity index (χ1v) is 10.7. The van der Waals surface area contributed by atoms with Crippen LogP contribution in [-0.4, -0.2) is 43.8 Å². The zero-order chi connectivity index (χ0) is 20.1. The number of halogens is 1. The van der Waals surface area contributed by atoms with Crippen molar-refractivity contribution in [2.45, 2.75) is 24.3 Å². The molecule has 1 amide bonds. The molecule has 0 spiro atoms. The molecule has 0 atom stereocenters. The van der Waals surface area contributed by atoms with Gasteiger partial charge in [-0.05, 0) is 43.2 Å². The van der Waals surface area contributed by atoms with Crippen LogP contribution in [0.4, 0.5) is 0 Å². The Bertz CT molecular complexity index is 926. The zero-order valence-electron chi connectivity index (χ0n) is 15.5. The lowest BCUT2D eigenvalue weighted by molar-refractivity contribution is -0.126. The first kappa shape index (κ1) is 20.6. The minimum atomic E-state index is -3.57. The average Bonchev–Trinajstić information content (AvgIpc) is 2.72. The lowest BCUT2D eigenvalue weighted by Crippen LogP contribution is -2.42. The number of carbonyl (C=O) groups is 1. The topological polar surface area (TPSA) is 88.6 Å². The predicted octanol–water partition coefficient (Wildman–Crippen LogP) is 2.46. The fourth-order valence-corrected chi connectivity index (χ4v) is 4.78. The molecule has 0 bridgehead atoms. The monoisotopic (exact) mass is 423 g/mol. The van der Waals surface area contributed by atoms with Crippen molar-refractivity contribution in [3.05, 3.63) is 53.2 Å². The maximum Gasteiger partial charge on any atom is 0.243 e. The molecule has 28 heavy (non-hydrogen) atoms. The number of rotatable bonds is 6. The van der Waals surface area contributed by atoms with E-state index in [1.165, 1.54) is 23.5 Å². The Balaban J connectivity index is 1.56. The molecule has 2 heterocycles.